The van der Waals surface area contributed by atoms with Gasteiger partial charge in [-0.15, -0.1) is 0 Å². The summed E-state index contributed by atoms with van der Waals surface area (Å²) in [6.07, 6.45) is 3.61. The molecule has 1 N–H and O–H groups in total. The Morgan fingerprint density at radius 1 is 1.67 bits per heavy atom. The monoisotopic (exact) mass is 223 g/mol. The third-order valence-corrected chi connectivity index (χ3v) is 3.39. The first-order chi connectivity index (χ1) is 7.35. The molecule has 15 heavy (non-hydrogen) atoms. The van der Waals surface area contributed by atoms with E-state index in [4.69, 9.17) is 0 Å². The Labute approximate surface area is 92.6 Å². The van der Waals surface area contributed by atoms with Gasteiger partial charge in [0, 0.05) is 6.54 Å². The lowest BCUT2D eigenvalue weighted by Gasteiger charge is -2.30. The summed E-state index contributed by atoms with van der Waals surface area (Å²) in [4.78, 5) is 12.3. The second-order valence-corrected chi connectivity index (χ2v) is 4.36. The van der Waals surface area contributed by atoms with E-state index >= 15 is 0 Å². The van der Waals surface area contributed by atoms with Crippen LogP contribution < -0.4 is 0 Å². The van der Waals surface area contributed by atoms with Crippen molar-refractivity contribution in [1.82, 2.24) is 4.90 Å². The zero-order valence-electron chi connectivity index (χ0n) is 8.30. The van der Waals surface area contributed by atoms with Gasteiger partial charge < -0.3 is 10.0 Å². The molecule has 0 aliphatic carbocycles. The third-order valence-electron chi connectivity index (χ3n) is 2.71. The summed E-state index contributed by atoms with van der Waals surface area (Å²) >= 11 is 1.66. The number of hydrogen-bond acceptors (Lipinski definition) is 3. The lowest BCUT2D eigenvalue weighted by molar-refractivity contribution is -0.120. The van der Waals surface area contributed by atoms with Crippen LogP contribution in [-0.2, 0) is 4.79 Å². The average molecular weight is 223 g/mol. The Hall–Kier alpha value is -1.13. The molecule has 3 nitrogen and oxygen atoms in total. The highest BCUT2D eigenvalue weighted by molar-refractivity contribution is 7.08. The van der Waals surface area contributed by atoms with Crippen molar-refractivity contribution in [2.75, 3.05) is 13.2 Å². The molecule has 1 aromatic rings. The minimum Gasteiger partial charge on any atom is -0.394 e. The number of carbonyl (C=O) groups excluding carboxylic acids is 1. The van der Waals surface area contributed by atoms with E-state index < -0.39 is 0 Å². The smallest absolute Gasteiger partial charge is 0.210 e. The summed E-state index contributed by atoms with van der Waals surface area (Å²) in [5.41, 5.74) is 2.44. The van der Waals surface area contributed by atoms with E-state index in [0.717, 1.165) is 12.8 Å². The molecular formula is C11H13NO2S. The largest absolute Gasteiger partial charge is 0.394 e. The Bertz CT molecular complexity index is 359. The Balaban J connectivity index is 2.17. The fourth-order valence-electron chi connectivity index (χ4n) is 1.80. The number of aliphatic hydroxyl groups excluding tert-OH is 1. The summed E-state index contributed by atoms with van der Waals surface area (Å²) in [6.45, 7) is 0.625. The van der Waals surface area contributed by atoms with Crippen molar-refractivity contribution in [3.8, 4) is 0 Å². The van der Waals surface area contributed by atoms with Gasteiger partial charge in [0.1, 0.15) is 0 Å². The van der Waals surface area contributed by atoms with Crippen molar-refractivity contribution in [1.29, 1.82) is 0 Å². The third kappa shape index (κ3) is 2.11. The molecule has 1 aliphatic heterocycles. The van der Waals surface area contributed by atoms with Crippen molar-refractivity contribution in [2.24, 2.45) is 0 Å². The highest BCUT2D eigenvalue weighted by Crippen LogP contribution is 2.26. The molecule has 2 heterocycles. The fraction of sp³-hybridized carbons (Fsp3) is 0.364. The van der Waals surface area contributed by atoms with Gasteiger partial charge in [-0.2, -0.15) is 11.3 Å². The van der Waals surface area contributed by atoms with Gasteiger partial charge in [-0.25, -0.2) is 0 Å². The second kappa shape index (κ2) is 4.59. The highest BCUT2D eigenvalue weighted by Gasteiger charge is 2.21. The lowest BCUT2D eigenvalue weighted by Crippen LogP contribution is -2.39. The van der Waals surface area contributed by atoms with Crippen molar-refractivity contribution in [3.63, 3.8) is 0 Å². The van der Waals surface area contributed by atoms with E-state index in [2.05, 4.69) is 17.5 Å². The molecule has 0 saturated carbocycles. The number of hydrogen-bond donors (Lipinski definition) is 1. The standard InChI is InChI=1S/C11H13NO2S/c13-6-11-5-9(1-3-12(11)8-14)10-2-4-15-7-10/h1-2,4,7-8,11,13H,3,5-6H2. The number of aliphatic hydroxyl groups is 1. The van der Waals surface area contributed by atoms with Gasteiger partial charge in [0.25, 0.3) is 0 Å². The van der Waals surface area contributed by atoms with Crippen molar-refractivity contribution in [2.45, 2.75) is 12.5 Å². The van der Waals surface area contributed by atoms with Gasteiger partial charge in [-0.1, -0.05) is 6.08 Å². The quantitative estimate of drug-likeness (QED) is 0.786. The Morgan fingerprint density at radius 3 is 3.13 bits per heavy atom. The van der Waals surface area contributed by atoms with Crippen LogP contribution >= 0.6 is 11.3 Å². The normalized spacial score (nSPS) is 21.3. The molecular weight excluding hydrogens is 210 g/mol. The summed E-state index contributed by atoms with van der Waals surface area (Å²) in [5.74, 6) is 0. The van der Waals surface area contributed by atoms with Crippen LogP contribution in [0.15, 0.2) is 22.9 Å². The van der Waals surface area contributed by atoms with E-state index in [9.17, 15) is 9.90 Å². The van der Waals surface area contributed by atoms with Crippen LogP contribution in [0, 0.1) is 0 Å². The van der Waals surface area contributed by atoms with Crippen molar-refractivity contribution in [3.05, 3.63) is 28.5 Å². The minimum atomic E-state index is -0.0672. The highest BCUT2D eigenvalue weighted by atomic mass is 32.1. The van der Waals surface area contributed by atoms with Crippen LogP contribution in [0.2, 0.25) is 0 Å². The summed E-state index contributed by atoms with van der Waals surface area (Å²) in [5, 5.41) is 13.3. The van der Waals surface area contributed by atoms with Crippen LogP contribution in [0.1, 0.15) is 12.0 Å². The molecule has 0 spiro atoms. The maximum atomic E-state index is 10.7. The van der Waals surface area contributed by atoms with Crippen LogP contribution in [0.5, 0.6) is 0 Å². The summed E-state index contributed by atoms with van der Waals surface area (Å²) in [7, 11) is 0. The topological polar surface area (TPSA) is 40.5 Å². The molecule has 1 amide bonds. The van der Waals surface area contributed by atoms with Gasteiger partial charge >= 0.3 is 0 Å². The fourth-order valence-corrected chi connectivity index (χ4v) is 2.48. The van der Waals surface area contributed by atoms with E-state index in [1.54, 1.807) is 16.2 Å². The zero-order chi connectivity index (χ0) is 10.7. The predicted molar refractivity (Wildman–Crippen MR) is 60.6 cm³/mol. The number of amides is 1. The molecule has 1 aliphatic rings. The van der Waals surface area contributed by atoms with Gasteiger partial charge in [0.2, 0.25) is 6.41 Å². The Morgan fingerprint density at radius 2 is 2.53 bits per heavy atom. The first-order valence-corrected chi connectivity index (χ1v) is 5.83. The van der Waals surface area contributed by atoms with E-state index in [-0.39, 0.29) is 12.6 Å². The van der Waals surface area contributed by atoms with Crippen LogP contribution in [0.4, 0.5) is 0 Å². The second-order valence-electron chi connectivity index (χ2n) is 3.58. The molecule has 0 fully saturated rings. The van der Waals surface area contributed by atoms with Crippen LogP contribution in [0.3, 0.4) is 0 Å². The SMILES string of the molecule is O=CN1CC=C(c2ccsc2)CC1CO. The van der Waals surface area contributed by atoms with Gasteiger partial charge in [-0.05, 0) is 34.4 Å². The van der Waals surface area contributed by atoms with Crippen molar-refractivity contribution < 1.29 is 9.90 Å². The van der Waals surface area contributed by atoms with E-state index in [0.29, 0.717) is 6.54 Å². The van der Waals surface area contributed by atoms with Crippen molar-refractivity contribution >= 4 is 23.3 Å². The van der Waals surface area contributed by atoms with Gasteiger partial charge in [-0.3, -0.25) is 4.79 Å². The number of nitrogens with zero attached hydrogens (tertiary/aromatic N) is 1. The first kappa shape index (κ1) is 10.4. The molecule has 80 valence electrons. The lowest BCUT2D eigenvalue weighted by atomic mass is 9.97. The molecule has 1 atom stereocenters. The molecule has 0 saturated heterocycles. The maximum Gasteiger partial charge on any atom is 0.210 e. The molecule has 0 radical (unpaired) electrons. The first-order valence-electron chi connectivity index (χ1n) is 4.88. The van der Waals surface area contributed by atoms with Crippen LogP contribution in [0.25, 0.3) is 5.57 Å². The summed E-state index contributed by atoms with van der Waals surface area (Å²) < 4.78 is 0. The molecule has 0 aromatic carbocycles. The summed E-state index contributed by atoms with van der Waals surface area (Å²) in [6, 6.07) is 2.00. The molecule has 0 bridgehead atoms. The Kier molecular flexibility index (Phi) is 3.18. The number of thiophene rings is 1. The minimum absolute atomic E-state index is 0.0280. The maximum absolute atomic E-state index is 10.7. The van der Waals surface area contributed by atoms with Crippen LogP contribution in [-0.4, -0.2) is 35.6 Å². The number of carbonyl (C=O) groups is 1. The zero-order valence-corrected chi connectivity index (χ0v) is 9.11. The molecule has 2 rings (SSSR count). The molecule has 1 unspecified atom stereocenters. The number of rotatable bonds is 3. The van der Waals surface area contributed by atoms with E-state index in [1.807, 2.05) is 5.38 Å². The van der Waals surface area contributed by atoms with Gasteiger partial charge in [0.05, 0.1) is 12.6 Å². The predicted octanol–water partition coefficient (Wildman–Crippen LogP) is 1.35. The molecule has 4 heteroatoms. The molecule has 1 aromatic heterocycles. The average Bonchev–Trinajstić information content (AvgIpc) is 2.81. The van der Waals surface area contributed by atoms with E-state index in [1.165, 1.54) is 11.1 Å². The van der Waals surface area contributed by atoms with Gasteiger partial charge in [0.15, 0.2) is 0 Å².